The van der Waals surface area contributed by atoms with Crippen molar-refractivity contribution < 1.29 is 14.3 Å². The highest BCUT2D eigenvalue weighted by Gasteiger charge is 2.59. The number of fused-ring (bicyclic) bond motifs is 8. The summed E-state index contributed by atoms with van der Waals surface area (Å²) in [6, 6.07) is 16.9. The number of hydrogen-bond acceptors (Lipinski definition) is 3. The van der Waals surface area contributed by atoms with Gasteiger partial charge >= 0.3 is 6.09 Å². The van der Waals surface area contributed by atoms with Crippen LogP contribution in [0.15, 0.2) is 60.2 Å². The largest absolute Gasteiger partial charge is 0.449 e. The predicted octanol–water partition coefficient (Wildman–Crippen LogP) is 10.4. The maximum Gasteiger partial charge on any atom is 0.407 e. The molecular weight excluding hydrogens is 617 g/mol. The van der Waals surface area contributed by atoms with E-state index >= 15 is 0 Å². The summed E-state index contributed by atoms with van der Waals surface area (Å²) < 4.78 is 5.67. The van der Waals surface area contributed by atoms with Gasteiger partial charge in [0.2, 0.25) is 5.91 Å². The van der Waals surface area contributed by atoms with E-state index in [9.17, 15) is 9.59 Å². The third-order valence-corrected chi connectivity index (χ3v) is 14.6. The van der Waals surface area contributed by atoms with Crippen molar-refractivity contribution >= 4 is 12.0 Å². The highest BCUT2D eigenvalue weighted by Crippen LogP contribution is 2.67. The Morgan fingerprint density at radius 3 is 2.32 bits per heavy atom. The summed E-state index contributed by atoms with van der Waals surface area (Å²) >= 11 is 0. The van der Waals surface area contributed by atoms with E-state index in [4.69, 9.17) is 4.74 Å². The second kappa shape index (κ2) is 14.5. The summed E-state index contributed by atoms with van der Waals surface area (Å²) in [7, 11) is 0. The molecule has 2 aromatic carbocycles. The quantitative estimate of drug-likeness (QED) is 0.233. The third-order valence-electron chi connectivity index (χ3n) is 14.6. The van der Waals surface area contributed by atoms with Crippen LogP contribution in [0.2, 0.25) is 0 Å². The molecule has 5 aliphatic carbocycles. The molecule has 2 aromatic rings. The lowest BCUT2D eigenvalue weighted by Gasteiger charge is -2.58. The Hall–Kier alpha value is -3.08. The first-order valence-corrected chi connectivity index (χ1v) is 20.2. The van der Waals surface area contributed by atoms with E-state index in [-0.39, 0.29) is 42.9 Å². The topological polar surface area (TPSA) is 67.4 Å². The Morgan fingerprint density at radius 1 is 0.880 bits per heavy atom. The molecule has 0 heterocycles. The lowest BCUT2D eigenvalue weighted by molar-refractivity contribution is -0.122. The van der Waals surface area contributed by atoms with Gasteiger partial charge in [0.25, 0.3) is 0 Å². The highest BCUT2D eigenvalue weighted by molar-refractivity contribution is 5.79. The number of rotatable bonds is 11. The van der Waals surface area contributed by atoms with Crippen LogP contribution in [0.25, 0.3) is 11.1 Å². The van der Waals surface area contributed by atoms with Gasteiger partial charge in [-0.05, 0) is 120 Å². The first-order chi connectivity index (χ1) is 24.1. The molecule has 0 aromatic heterocycles. The molecule has 0 radical (unpaired) electrons. The zero-order valence-corrected chi connectivity index (χ0v) is 31.4. The van der Waals surface area contributed by atoms with E-state index < -0.39 is 6.09 Å². The van der Waals surface area contributed by atoms with E-state index in [2.05, 4.69) is 87.7 Å². The van der Waals surface area contributed by atoms with Crippen molar-refractivity contribution in [2.24, 2.45) is 46.3 Å². The van der Waals surface area contributed by atoms with Crippen LogP contribution in [0.4, 0.5) is 4.79 Å². The minimum absolute atomic E-state index is 0.0137. The number of carbonyl (C=O) groups is 2. The number of carbonyl (C=O) groups excluding carboxylic acids is 2. The fraction of sp³-hybridized carbons (Fsp3) is 0.644. The lowest BCUT2D eigenvalue weighted by Crippen LogP contribution is -2.52. The molecule has 3 saturated carbocycles. The van der Waals surface area contributed by atoms with Crippen molar-refractivity contribution in [2.45, 2.75) is 124 Å². The van der Waals surface area contributed by atoms with Gasteiger partial charge in [0.05, 0.1) is 0 Å². The molecule has 5 heteroatoms. The standard InChI is InChI=1S/C45H62N2O3/c1-29(2)11-10-12-30(3)39-19-20-40-37-18-17-31-27-32(21-24-44(31,4)41(37)22-25-45(39,40)5)47-42(48)23-26-46-43(49)50-28-38-35-15-8-6-13-33(35)34-14-7-9-16-36(34)38/h6-9,13-17,29-30,32,37-41H,10-12,18-28H2,1-5H3,(H,46,49)(H,47,48)/t30-,32+,37?,39-,40?,41?,44+,45-/m1/s1. The summed E-state index contributed by atoms with van der Waals surface area (Å²) in [5.41, 5.74) is 7.20. The van der Waals surface area contributed by atoms with Crippen molar-refractivity contribution in [3.05, 3.63) is 71.3 Å². The van der Waals surface area contributed by atoms with Crippen LogP contribution >= 0.6 is 0 Å². The van der Waals surface area contributed by atoms with E-state index in [1.165, 1.54) is 80.0 Å². The fourth-order valence-electron chi connectivity index (χ4n) is 12.0. The summed E-state index contributed by atoms with van der Waals surface area (Å²) in [5, 5.41) is 6.14. The smallest absolute Gasteiger partial charge is 0.407 e. The molecule has 2 N–H and O–H groups in total. The van der Waals surface area contributed by atoms with E-state index in [0.29, 0.717) is 5.41 Å². The van der Waals surface area contributed by atoms with Gasteiger partial charge in [0.15, 0.2) is 0 Å². The maximum absolute atomic E-state index is 13.0. The molecule has 7 rings (SSSR count). The number of hydrogen-bond donors (Lipinski definition) is 2. The molecule has 0 bridgehead atoms. The Bertz CT molecular complexity index is 1530. The van der Waals surface area contributed by atoms with Gasteiger partial charge in [-0.2, -0.15) is 0 Å². The van der Waals surface area contributed by atoms with Crippen LogP contribution in [0.5, 0.6) is 0 Å². The predicted molar refractivity (Wildman–Crippen MR) is 203 cm³/mol. The van der Waals surface area contributed by atoms with E-state index in [1.54, 1.807) is 5.57 Å². The van der Waals surface area contributed by atoms with Crippen molar-refractivity contribution in [3.63, 3.8) is 0 Å². The number of amides is 2. The Balaban J connectivity index is 0.872. The molecule has 3 unspecified atom stereocenters. The average molecular weight is 679 g/mol. The Labute approximate surface area is 301 Å². The van der Waals surface area contributed by atoms with Crippen LogP contribution in [0.1, 0.15) is 129 Å². The van der Waals surface area contributed by atoms with Crippen LogP contribution in [-0.4, -0.2) is 31.2 Å². The first kappa shape index (κ1) is 35.3. The van der Waals surface area contributed by atoms with Gasteiger partial charge in [-0.15, -0.1) is 0 Å². The minimum Gasteiger partial charge on any atom is -0.449 e. The maximum atomic E-state index is 13.0. The number of benzene rings is 2. The first-order valence-electron chi connectivity index (χ1n) is 20.2. The van der Waals surface area contributed by atoms with Gasteiger partial charge < -0.3 is 15.4 Å². The monoisotopic (exact) mass is 678 g/mol. The summed E-state index contributed by atoms with van der Waals surface area (Å²) in [6.45, 7) is 13.1. The van der Waals surface area contributed by atoms with Gasteiger partial charge in [-0.25, -0.2) is 4.79 Å². The summed E-state index contributed by atoms with van der Waals surface area (Å²) in [6.07, 6.45) is 16.6. The number of alkyl carbamates (subject to hydrolysis) is 1. The normalized spacial score (nSPS) is 31.8. The van der Waals surface area contributed by atoms with Gasteiger partial charge in [-0.1, -0.05) is 114 Å². The summed E-state index contributed by atoms with van der Waals surface area (Å²) in [4.78, 5) is 25.7. The lowest BCUT2D eigenvalue weighted by atomic mass is 9.47. The van der Waals surface area contributed by atoms with Crippen molar-refractivity contribution in [1.82, 2.24) is 10.6 Å². The molecule has 0 spiro atoms. The van der Waals surface area contributed by atoms with Crippen LogP contribution < -0.4 is 10.6 Å². The molecule has 0 aliphatic heterocycles. The number of allylic oxidation sites excluding steroid dienone is 1. The number of nitrogens with one attached hydrogen (secondary N) is 2. The minimum atomic E-state index is -0.465. The van der Waals surface area contributed by atoms with Gasteiger partial charge in [0.1, 0.15) is 6.61 Å². The van der Waals surface area contributed by atoms with Crippen molar-refractivity contribution in [3.8, 4) is 11.1 Å². The molecular formula is C45H62N2O3. The molecule has 0 saturated heterocycles. The molecule has 3 fully saturated rings. The molecule has 270 valence electrons. The van der Waals surface area contributed by atoms with Gasteiger partial charge in [-0.3, -0.25) is 4.79 Å². The molecule has 2 amide bonds. The zero-order valence-electron chi connectivity index (χ0n) is 31.4. The van der Waals surface area contributed by atoms with Crippen LogP contribution in [-0.2, 0) is 9.53 Å². The molecule has 5 aliphatic rings. The molecule has 5 nitrogen and oxygen atoms in total. The molecule has 8 atom stereocenters. The fourth-order valence-corrected chi connectivity index (χ4v) is 12.0. The van der Waals surface area contributed by atoms with E-state index in [1.807, 2.05) is 12.1 Å². The van der Waals surface area contributed by atoms with E-state index in [0.717, 1.165) is 48.3 Å². The molecule has 50 heavy (non-hydrogen) atoms. The second-order valence-corrected chi connectivity index (χ2v) is 17.8. The second-order valence-electron chi connectivity index (χ2n) is 17.8. The average Bonchev–Trinajstić information content (AvgIpc) is 3.62. The van der Waals surface area contributed by atoms with Crippen molar-refractivity contribution in [2.75, 3.05) is 13.2 Å². The Morgan fingerprint density at radius 2 is 1.60 bits per heavy atom. The number of ether oxygens (including phenoxy) is 1. The van der Waals surface area contributed by atoms with Crippen molar-refractivity contribution in [1.29, 1.82) is 0 Å². The third kappa shape index (κ3) is 6.68. The van der Waals surface area contributed by atoms with Gasteiger partial charge in [0, 0.05) is 24.9 Å². The SMILES string of the molecule is CC(C)CCC[C@@H](C)[C@H]1CCC2C3CC=C4C[C@@H](NC(=O)CCNC(=O)OCC5c6ccccc6-c6ccccc65)CC[C@]4(C)C3CC[C@@]21C. The van der Waals surface area contributed by atoms with Crippen LogP contribution in [0.3, 0.4) is 0 Å². The van der Waals surface area contributed by atoms with Crippen LogP contribution in [0, 0.1) is 46.3 Å². The summed E-state index contributed by atoms with van der Waals surface area (Å²) in [5.74, 6) is 5.07. The highest BCUT2D eigenvalue weighted by atomic mass is 16.5. The zero-order chi connectivity index (χ0) is 35.0. The Kier molecular flexibility index (Phi) is 10.2.